The van der Waals surface area contributed by atoms with E-state index in [1.165, 1.54) is 32.1 Å². The van der Waals surface area contributed by atoms with Crippen LogP contribution < -0.4 is 10.6 Å². The second-order valence-electron chi connectivity index (χ2n) is 6.12. The highest BCUT2D eigenvalue weighted by Crippen LogP contribution is 2.27. The van der Waals surface area contributed by atoms with E-state index in [2.05, 4.69) is 36.4 Å². The lowest BCUT2D eigenvalue weighted by Crippen LogP contribution is -2.43. The molecule has 1 fully saturated rings. The van der Waals surface area contributed by atoms with Crippen LogP contribution in [0.2, 0.25) is 0 Å². The number of hydrogen-bond acceptors (Lipinski definition) is 3. The summed E-state index contributed by atoms with van der Waals surface area (Å²) in [5.74, 6) is 2.69. The molecule has 0 aromatic rings. The Balaban J connectivity index is 2.37. The van der Waals surface area contributed by atoms with Crippen molar-refractivity contribution in [2.45, 2.75) is 70.9 Å². The van der Waals surface area contributed by atoms with E-state index >= 15 is 0 Å². The Morgan fingerprint density at radius 3 is 2.76 bits per heavy atom. The molecule has 21 heavy (non-hydrogen) atoms. The molecule has 0 saturated carbocycles. The van der Waals surface area contributed by atoms with Crippen LogP contribution in [0.5, 0.6) is 0 Å². The first-order valence-corrected chi connectivity index (χ1v) is 9.60. The summed E-state index contributed by atoms with van der Waals surface area (Å²) >= 11 is 1.82. The van der Waals surface area contributed by atoms with E-state index in [0.29, 0.717) is 12.6 Å². The molecular weight excluding hydrogens is 282 g/mol. The molecule has 1 aliphatic rings. The first-order chi connectivity index (χ1) is 10.1. The molecule has 0 aliphatic carbocycles. The summed E-state index contributed by atoms with van der Waals surface area (Å²) < 4.78 is 0. The standard InChI is InChI=1S/C16H33N3OS/c1-4-6-7-8-9-14(3)19-15(17-5-2)18-12-16(20)10-11-21-13-16/h14,20H,4-13H2,1-3H3,(H2,17,18,19). The van der Waals surface area contributed by atoms with E-state index < -0.39 is 5.60 Å². The van der Waals surface area contributed by atoms with Gasteiger partial charge in [-0.05, 0) is 32.4 Å². The summed E-state index contributed by atoms with van der Waals surface area (Å²) in [5.41, 5.74) is -0.600. The average Bonchev–Trinajstić information content (AvgIpc) is 2.89. The van der Waals surface area contributed by atoms with Gasteiger partial charge >= 0.3 is 0 Å². The Kier molecular flexibility index (Phi) is 9.16. The molecule has 0 aromatic carbocycles. The molecule has 3 N–H and O–H groups in total. The highest BCUT2D eigenvalue weighted by molar-refractivity contribution is 7.99. The summed E-state index contributed by atoms with van der Waals surface area (Å²) in [7, 11) is 0. The Labute approximate surface area is 134 Å². The van der Waals surface area contributed by atoms with Crippen molar-refractivity contribution in [2.24, 2.45) is 4.99 Å². The third kappa shape index (κ3) is 7.96. The number of guanidine groups is 1. The van der Waals surface area contributed by atoms with Crippen LogP contribution in [-0.2, 0) is 0 Å². The zero-order valence-corrected chi connectivity index (χ0v) is 14.8. The van der Waals surface area contributed by atoms with Crippen LogP contribution in [0.3, 0.4) is 0 Å². The van der Waals surface area contributed by atoms with Gasteiger partial charge in [0.05, 0.1) is 12.1 Å². The van der Waals surface area contributed by atoms with E-state index in [1.54, 1.807) is 0 Å². The van der Waals surface area contributed by atoms with Crippen molar-refractivity contribution < 1.29 is 5.11 Å². The predicted octanol–water partition coefficient (Wildman–Crippen LogP) is 2.77. The van der Waals surface area contributed by atoms with Crippen LogP contribution in [-0.4, -0.2) is 47.3 Å². The number of unbranched alkanes of at least 4 members (excludes halogenated alkanes) is 3. The van der Waals surface area contributed by atoms with Crippen LogP contribution in [0.25, 0.3) is 0 Å². The normalized spacial score (nSPS) is 24.1. The Morgan fingerprint density at radius 1 is 1.33 bits per heavy atom. The second-order valence-corrected chi connectivity index (χ2v) is 7.22. The maximum Gasteiger partial charge on any atom is 0.191 e. The van der Waals surface area contributed by atoms with Crippen molar-refractivity contribution in [1.82, 2.24) is 10.6 Å². The molecule has 0 aromatic heterocycles. The highest BCUT2D eigenvalue weighted by Gasteiger charge is 2.31. The van der Waals surface area contributed by atoms with Gasteiger partial charge in [0.15, 0.2) is 5.96 Å². The summed E-state index contributed by atoms with van der Waals surface area (Å²) in [6.07, 6.45) is 7.21. The molecule has 0 amide bonds. The van der Waals surface area contributed by atoms with Gasteiger partial charge in [0, 0.05) is 18.3 Å². The zero-order valence-electron chi connectivity index (χ0n) is 14.0. The lowest BCUT2D eigenvalue weighted by molar-refractivity contribution is 0.0778. The van der Waals surface area contributed by atoms with Crippen molar-refractivity contribution in [3.8, 4) is 0 Å². The minimum absolute atomic E-state index is 0.423. The van der Waals surface area contributed by atoms with Crippen molar-refractivity contribution in [3.63, 3.8) is 0 Å². The van der Waals surface area contributed by atoms with Gasteiger partial charge in [-0.2, -0.15) is 11.8 Å². The topological polar surface area (TPSA) is 56.7 Å². The first-order valence-electron chi connectivity index (χ1n) is 8.44. The molecule has 124 valence electrons. The lowest BCUT2D eigenvalue weighted by atomic mass is 10.0. The summed E-state index contributed by atoms with van der Waals surface area (Å²) in [6.45, 7) is 7.87. The zero-order chi connectivity index (χ0) is 15.6. The van der Waals surface area contributed by atoms with Gasteiger partial charge < -0.3 is 15.7 Å². The van der Waals surface area contributed by atoms with Crippen LogP contribution in [0.4, 0.5) is 0 Å². The fraction of sp³-hybridized carbons (Fsp3) is 0.938. The van der Waals surface area contributed by atoms with Crippen LogP contribution in [0.1, 0.15) is 59.3 Å². The molecule has 1 rings (SSSR count). The third-order valence-corrected chi connectivity index (χ3v) is 5.07. The quantitative estimate of drug-likeness (QED) is 0.348. The van der Waals surface area contributed by atoms with E-state index in [4.69, 9.17) is 0 Å². The van der Waals surface area contributed by atoms with E-state index in [9.17, 15) is 5.11 Å². The van der Waals surface area contributed by atoms with Gasteiger partial charge in [0.2, 0.25) is 0 Å². The molecule has 1 saturated heterocycles. The van der Waals surface area contributed by atoms with Crippen LogP contribution in [0.15, 0.2) is 4.99 Å². The molecule has 1 aliphatic heterocycles. The largest absolute Gasteiger partial charge is 0.387 e. The average molecular weight is 316 g/mol. The fourth-order valence-corrected chi connectivity index (χ4v) is 3.73. The SMILES string of the molecule is CCCCCCC(C)NC(=NCC1(O)CCSC1)NCC. The van der Waals surface area contributed by atoms with E-state index in [-0.39, 0.29) is 0 Å². The Bertz CT molecular complexity index is 304. The maximum absolute atomic E-state index is 10.4. The van der Waals surface area contributed by atoms with Crippen molar-refractivity contribution in [1.29, 1.82) is 0 Å². The van der Waals surface area contributed by atoms with Gasteiger partial charge in [0.1, 0.15) is 0 Å². The minimum Gasteiger partial charge on any atom is -0.387 e. The minimum atomic E-state index is -0.600. The third-order valence-electron chi connectivity index (χ3n) is 3.83. The van der Waals surface area contributed by atoms with Crippen LogP contribution in [0, 0.1) is 0 Å². The molecule has 0 spiro atoms. The summed E-state index contributed by atoms with van der Waals surface area (Å²) in [4.78, 5) is 4.58. The second kappa shape index (κ2) is 10.3. The van der Waals surface area contributed by atoms with Gasteiger partial charge in [-0.1, -0.05) is 32.6 Å². The fourth-order valence-electron chi connectivity index (χ4n) is 2.45. The highest BCUT2D eigenvalue weighted by atomic mass is 32.2. The summed E-state index contributed by atoms with van der Waals surface area (Å²) in [5, 5.41) is 17.1. The molecule has 1 heterocycles. The molecule has 0 radical (unpaired) electrons. The molecule has 0 bridgehead atoms. The number of hydrogen-bond donors (Lipinski definition) is 3. The first kappa shape index (κ1) is 18.6. The van der Waals surface area contributed by atoms with Crippen molar-refractivity contribution >= 4 is 17.7 Å². The molecular formula is C16H33N3OS. The van der Waals surface area contributed by atoms with E-state index in [1.807, 2.05) is 11.8 Å². The van der Waals surface area contributed by atoms with Gasteiger partial charge in [-0.25, -0.2) is 0 Å². The maximum atomic E-state index is 10.4. The van der Waals surface area contributed by atoms with Gasteiger partial charge in [-0.15, -0.1) is 0 Å². The number of nitrogens with zero attached hydrogens (tertiary/aromatic N) is 1. The molecule has 4 nitrogen and oxygen atoms in total. The number of aliphatic imine (C=N–C) groups is 1. The van der Waals surface area contributed by atoms with Gasteiger partial charge in [0.25, 0.3) is 0 Å². The monoisotopic (exact) mass is 315 g/mol. The van der Waals surface area contributed by atoms with Gasteiger partial charge in [-0.3, -0.25) is 4.99 Å². The molecule has 2 atom stereocenters. The van der Waals surface area contributed by atoms with E-state index in [0.717, 1.165) is 30.4 Å². The van der Waals surface area contributed by atoms with Crippen LogP contribution >= 0.6 is 11.8 Å². The lowest BCUT2D eigenvalue weighted by Gasteiger charge is -2.21. The molecule has 5 heteroatoms. The number of rotatable bonds is 9. The van der Waals surface area contributed by atoms with Crippen molar-refractivity contribution in [3.05, 3.63) is 0 Å². The van der Waals surface area contributed by atoms with Crippen molar-refractivity contribution in [2.75, 3.05) is 24.6 Å². The summed E-state index contributed by atoms with van der Waals surface area (Å²) in [6, 6.07) is 0.423. The molecule has 2 unspecified atom stereocenters. The predicted molar refractivity (Wildman–Crippen MR) is 94.2 cm³/mol. The Hall–Kier alpha value is -0.420. The number of aliphatic hydroxyl groups is 1. The number of thioether (sulfide) groups is 1. The smallest absolute Gasteiger partial charge is 0.191 e. The number of nitrogens with one attached hydrogen (secondary N) is 2. The Morgan fingerprint density at radius 2 is 2.14 bits per heavy atom.